The van der Waals surface area contributed by atoms with Crippen molar-refractivity contribution in [3.8, 4) is 5.75 Å². The highest BCUT2D eigenvalue weighted by Gasteiger charge is 2.07. The quantitative estimate of drug-likeness (QED) is 0.881. The van der Waals surface area contributed by atoms with Gasteiger partial charge in [-0.3, -0.25) is 0 Å². The van der Waals surface area contributed by atoms with Gasteiger partial charge in [-0.1, -0.05) is 6.07 Å². The van der Waals surface area contributed by atoms with E-state index in [4.69, 9.17) is 4.74 Å². The van der Waals surface area contributed by atoms with E-state index in [0.29, 0.717) is 0 Å². The van der Waals surface area contributed by atoms with Crippen molar-refractivity contribution in [1.29, 1.82) is 0 Å². The summed E-state index contributed by atoms with van der Waals surface area (Å²) in [5, 5.41) is 3.13. The summed E-state index contributed by atoms with van der Waals surface area (Å²) in [6, 6.07) is 4.04. The molecule has 1 rings (SSSR count). The van der Waals surface area contributed by atoms with E-state index in [-0.39, 0.29) is 0 Å². The van der Waals surface area contributed by atoms with Gasteiger partial charge in [0.2, 0.25) is 0 Å². The molecule has 0 bridgehead atoms. The highest BCUT2D eigenvalue weighted by atomic mass is 79.9. The second-order valence-electron chi connectivity index (χ2n) is 2.91. The van der Waals surface area contributed by atoms with Crippen molar-refractivity contribution < 1.29 is 4.74 Å². The first-order chi connectivity index (χ1) is 6.20. The van der Waals surface area contributed by atoms with Crippen LogP contribution in [0.2, 0.25) is 0 Å². The minimum atomic E-state index is 0.851. The Balaban J connectivity index is 3.13. The molecule has 0 saturated carbocycles. The minimum Gasteiger partial charge on any atom is -0.496 e. The molecule has 0 atom stereocenters. The Labute approximate surface area is 87.4 Å². The molecule has 0 aliphatic heterocycles. The first-order valence-corrected chi connectivity index (χ1v) is 4.96. The van der Waals surface area contributed by atoms with Gasteiger partial charge in [-0.15, -0.1) is 0 Å². The van der Waals surface area contributed by atoms with Crippen molar-refractivity contribution >= 4 is 15.9 Å². The summed E-state index contributed by atoms with van der Waals surface area (Å²) in [5.74, 6) is 0.885. The average molecular weight is 244 g/mol. The van der Waals surface area contributed by atoms with Crippen LogP contribution in [0.25, 0.3) is 0 Å². The summed E-state index contributed by atoms with van der Waals surface area (Å²) in [5.41, 5.74) is 2.52. The predicted octanol–water partition coefficient (Wildman–Crippen LogP) is 2.49. The number of hydrogen-bond donors (Lipinski definition) is 1. The molecule has 1 N–H and O–H groups in total. The van der Waals surface area contributed by atoms with Crippen LogP contribution in [0, 0.1) is 6.92 Å². The number of halogens is 1. The molecular weight excluding hydrogens is 230 g/mol. The fourth-order valence-corrected chi connectivity index (χ4v) is 1.99. The Morgan fingerprint density at radius 3 is 2.69 bits per heavy atom. The van der Waals surface area contributed by atoms with E-state index in [1.165, 1.54) is 11.1 Å². The van der Waals surface area contributed by atoms with Gasteiger partial charge in [0.15, 0.2) is 0 Å². The monoisotopic (exact) mass is 243 g/mol. The molecule has 3 heteroatoms. The lowest BCUT2D eigenvalue weighted by Crippen LogP contribution is -2.07. The molecule has 0 aromatic heterocycles. The SMILES string of the molecule is CNCc1c(C)ccc(OC)c1Br. The van der Waals surface area contributed by atoms with Crippen molar-refractivity contribution in [2.45, 2.75) is 13.5 Å². The Hall–Kier alpha value is -0.540. The van der Waals surface area contributed by atoms with Crippen molar-refractivity contribution in [1.82, 2.24) is 5.32 Å². The van der Waals surface area contributed by atoms with Gasteiger partial charge in [0.1, 0.15) is 5.75 Å². The van der Waals surface area contributed by atoms with E-state index < -0.39 is 0 Å². The van der Waals surface area contributed by atoms with E-state index >= 15 is 0 Å². The van der Waals surface area contributed by atoms with Crippen LogP contribution in [-0.4, -0.2) is 14.2 Å². The van der Waals surface area contributed by atoms with Crippen LogP contribution < -0.4 is 10.1 Å². The van der Waals surface area contributed by atoms with Gasteiger partial charge >= 0.3 is 0 Å². The molecule has 0 amide bonds. The number of methoxy groups -OCH3 is 1. The van der Waals surface area contributed by atoms with Crippen molar-refractivity contribution in [2.24, 2.45) is 0 Å². The molecule has 0 radical (unpaired) electrons. The Bertz CT molecular complexity index is 299. The normalized spacial score (nSPS) is 10.2. The zero-order valence-electron chi connectivity index (χ0n) is 8.15. The maximum Gasteiger partial charge on any atom is 0.133 e. The van der Waals surface area contributed by atoms with Crippen LogP contribution in [0.3, 0.4) is 0 Å². The number of benzene rings is 1. The smallest absolute Gasteiger partial charge is 0.133 e. The number of hydrogen-bond acceptors (Lipinski definition) is 2. The Kier molecular flexibility index (Phi) is 3.75. The van der Waals surface area contributed by atoms with Crippen LogP contribution in [0.5, 0.6) is 5.75 Å². The molecule has 1 aromatic carbocycles. The van der Waals surface area contributed by atoms with Crippen LogP contribution >= 0.6 is 15.9 Å². The third-order valence-corrected chi connectivity index (χ3v) is 2.88. The zero-order chi connectivity index (χ0) is 9.84. The van der Waals surface area contributed by atoms with Gasteiger partial charge in [-0.05, 0) is 47.1 Å². The molecule has 0 aliphatic rings. The lowest BCUT2D eigenvalue weighted by Gasteiger charge is -2.11. The number of ether oxygens (including phenoxy) is 1. The standard InChI is InChI=1S/C10H14BrNO/c1-7-4-5-9(13-3)10(11)8(7)6-12-2/h4-5,12H,6H2,1-3H3. The van der Waals surface area contributed by atoms with Gasteiger partial charge in [0.05, 0.1) is 11.6 Å². The fourth-order valence-electron chi connectivity index (χ4n) is 1.25. The van der Waals surface area contributed by atoms with Crippen molar-refractivity contribution in [3.63, 3.8) is 0 Å². The molecule has 0 heterocycles. The molecular formula is C10H14BrNO. The van der Waals surface area contributed by atoms with E-state index in [2.05, 4.69) is 34.2 Å². The lowest BCUT2D eigenvalue weighted by atomic mass is 10.1. The number of aryl methyl sites for hydroxylation is 1. The lowest BCUT2D eigenvalue weighted by molar-refractivity contribution is 0.411. The Morgan fingerprint density at radius 1 is 1.46 bits per heavy atom. The average Bonchev–Trinajstić information content (AvgIpc) is 2.12. The van der Waals surface area contributed by atoms with Gasteiger partial charge in [-0.25, -0.2) is 0 Å². The molecule has 0 aliphatic carbocycles. The largest absolute Gasteiger partial charge is 0.496 e. The second kappa shape index (κ2) is 4.63. The molecule has 13 heavy (non-hydrogen) atoms. The number of rotatable bonds is 3. The second-order valence-corrected chi connectivity index (χ2v) is 3.70. The highest BCUT2D eigenvalue weighted by Crippen LogP contribution is 2.30. The molecule has 72 valence electrons. The third kappa shape index (κ3) is 2.23. The summed E-state index contributed by atoms with van der Waals surface area (Å²) >= 11 is 3.53. The topological polar surface area (TPSA) is 21.3 Å². The van der Waals surface area contributed by atoms with Gasteiger partial charge < -0.3 is 10.1 Å². The van der Waals surface area contributed by atoms with Gasteiger partial charge in [0, 0.05) is 6.54 Å². The summed E-state index contributed by atoms with van der Waals surface area (Å²) in [6.07, 6.45) is 0. The molecule has 0 spiro atoms. The fraction of sp³-hybridized carbons (Fsp3) is 0.400. The third-order valence-electron chi connectivity index (χ3n) is 2.02. The van der Waals surface area contributed by atoms with Crippen molar-refractivity contribution in [3.05, 3.63) is 27.7 Å². The molecule has 2 nitrogen and oxygen atoms in total. The van der Waals surface area contributed by atoms with Crippen LogP contribution in [0.1, 0.15) is 11.1 Å². The van der Waals surface area contributed by atoms with Crippen molar-refractivity contribution in [2.75, 3.05) is 14.2 Å². The van der Waals surface area contributed by atoms with E-state index in [0.717, 1.165) is 16.8 Å². The molecule has 0 saturated heterocycles. The van der Waals surface area contributed by atoms with E-state index in [9.17, 15) is 0 Å². The van der Waals surface area contributed by atoms with Crippen LogP contribution in [-0.2, 0) is 6.54 Å². The van der Waals surface area contributed by atoms with Crippen LogP contribution in [0.15, 0.2) is 16.6 Å². The van der Waals surface area contributed by atoms with E-state index in [1.807, 2.05) is 13.1 Å². The highest BCUT2D eigenvalue weighted by molar-refractivity contribution is 9.10. The summed E-state index contributed by atoms with van der Waals surface area (Å²) in [7, 11) is 3.62. The summed E-state index contributed by atoms with van der Waals surface area (Å²) in [6.45, 7) is 2.94. The minimum absolute atomic E-state index is 0.851. The van der Waals surface area contributed by atoms with E-state index in [1.54, 1.807) is 7.11 Å². The van der Waals surface area contributed by atoms with Gasteiger partial charge in [0.25, 0.3) is 0 Å². The molecule has 0 unspecified atom stereocenters. The Morgan fingerprint density at radius 2 is 2.15 bits per heavy atom. The first-order valence-electron chi connectivity index (χ1n) is 4.17. The van der Waals surface area contributed by atoms with Crippen LogP contribution in [0.4, 0.5) is 0 Å². The summed E-state index contributed by atoms with van der Waals surface area (Å²) in [4.78, 5) is 0. The molecule has 1 aromatic rings. The molecule has 0 fully saturated rings. The summed E-state index contributed by atoms with van der Waals surface area (Å²) < 4.78 is 6.26. The maximum atomic E-state index is 5.21. The number of nitrogens with one attached hydrogen (secondary N) is 1. The maximum absolute atomic E-state index is 5.21. The van der Waals surface area contributed by atoms with Gasteiger partial charge in [-0.2, -0.15) is 0 Å². The first kappa shape index (κ1) is 10.5. The zero-order valence-corrected chi connectivity index (χ0v) is 9.73. The predicted molar refractivity (Wildman–Crippen MR) is 58.2 cm³/mol.